The topological polar surface area (TPSA) is 26.0 Å². The molecule has 1 aromatic carbocycles. The van der Waals surface area contributed by atoms with Gasteiger partial charge in [0.05, 0.1) is 0 Å². The van der Waals surface area contributed by atoms with Gasteiger partial charge in [0.15, 0.2) is 0 Å². The molecule has 3 heteroatoms. The molecule has 1 aromatic rings. The maximum absolute atomic E-state index is 13.2. The lowest BCUT2D eigenvalue weighted by Crippen LogP contribution is -2.26. The Morgan fingerprint density at radius 1 is 1.21 bits per heavy atom. The molecule has 0 heterocycles. The number of benzene rings is 1. The van der Waals surface area contributed by atoms with E-state index < -0.39 is 0 Å². The van der Waals surface area contributed by atoms with Crippen LogP contribution in [0.1, 0.15) is 50.5 Å². The summed E-state index contributed by atoms with van der Waals surface area (Å²) in [6, 6.07) is 4.60. The van der Waals surface area contributed by atoms with Crippen LogP contribution >= 0.6 is 11.6 Å². The summed E-state index contributed by atoms with van der Waals surface area (Å²) >= 11 is 6.09. The van der Waals surface area contributed by atoms with Gasteiger partial charge >= 0.3 is 0 Å². The van der Waals surface area contributed by atoms with E-state index in [0.29, 0.717) is 11.4 Å². The Bertz CT molecular complexity index is 400. The third-order valence-electron chi connectivity index (χ3n) is 4.10. The monoisotopic (exact) mass is 283 g/mol. The van der Waals surface area contributed by atoms with Crippen molar-refractivity contribution >= 4 is 11.6 Å². The zero-order chi connectivity index (χ0) is 13.7. The zero-order valence-electron chi connectivity index (χ0n) is 11.4. The summed E-state index contributed by atoms with van der Waals surface area (Å²) in [4.78, 5) is 0. The second-order valence-electron chi connectivity index (χ2n) is 5.79. The molecule has 2 rings (SSSR count). The first-order chi connectivity index (χ1) is 9.15. The quantitative estimate of drug-likeness (QED) is 0.796. The standard InChI is InChI=1S/C16H23ClFN/c17-16-8-7-14(18)10-13(16)11-15(19)9-12-5-3-1-2-4-6-12/h7-8,10,12,15H,1-6,9,11,19H2. The number of rotatable bonds is 4. The molecule has 106 valence electrons. The SMILES string of the molecule is NC(Cc1cc(F)ccc1Cl)CC1CCCCCC1. The minimum absolute atomic E-state index is 0.0856. The molecule has 19 heavy (non-hydrogen) atoms. The van der Waals surface area contributed by atoms with Crippen LogP contribution in [0, 0.1) is 11.7 Å². The van der Waals surface area contributed by atoms with Gasteiger partial charge in [-0.25, -0.2) is 4.39 Å². The van der Waals surface area contributed by atoms with E-state index in [0.717, 1.165) is 17.9 Å². The fourth-order valence-corrected chi connectivity index (χ4v) is 3.29. The van der Waals surface area contributed by atoms with Crippen molar-refractivity contribution in [2.24, 2.45) is 11.7 Å². The van der Waals surface area contributed by atoms with Crippen LogP contribution in [0.3, 0.4) is 0 Å². The first-order valence-corrected chi connectivity index (χ1v) is 7.72. The number of nitrogens with two attached hydrogens (primary N) is 1. The molecular formula is C16H23ClFN. The van der Waals surface area contributed by atoms with E-state index in [4.69, 9.17) is 17.3 Å². The Labute approximate surface area is 120 Å². The maximum atomic E-state index is 13.2. The molecule has 1 aliphatic carbocycles. The van der Waals surface area contributed by atoms with Crippen molar-refractivity contribution in [2.75, 3.05) is 0 Å². The minimum Gasteiger partial charge on any atom is -0.327 e. The summed E-state index contributed by atoms with van der Waals surface area (Å²) in [6.45, 7) is 0. The summed E-state index contributed by atoms with van der Waals surface area (Å²) < 4.78 is 13.2. The highest BCUT2D eigenvalue weighted by atomic mass is 35.5. The van der Waals surface area contributed by atoms with Gasteiger partial charge < -0.3 is 5.73 Å². The molecule has 1 saturated carbocycles. The van der Waals surface area contributed by atoms with E-state index in [9.17, 15) is 4.39 Å². The van der Waals surface area contributed by atoms with Crippen molar-refractivity contribution in [1.29, 1.82) is 0 Å². The van der Waals surface area contributed by atoms with Gasteiger partial charge in [-0.3, -0.25) is 0 Å². The molecule has 0 aliphatic heterocycles. The van der Waals surface area contributed by atoms with Gasteiger partial charge in [0.25, 0.3) is 0 Å². The van der Waals surface area contributed by atoms with Crippen molar-refractivity contribution < 1.29 is 4.39 Å². The number of hydrogen-bond acceptors (Lipinski definition) is 1. The molecule has 1 unspecified atom stereocenters. The van der Waals surface area contributed by atoms with E-state index >= 15 is 0 Å². The van der Waals surface area contributed by atoms with Gasteiger partial charge in [-0.1, -0.05) is 50.1 Å². The summed E-state index contributed by atoms with van der Waals surface area (Å²) in [6.07, 6.45) is 9.69. The first kappa shape index (κ1) is 14.8. The Morgan fingerprint density at radius 3 is 2.58 bits per heavy atom. The summed E-state index contributed by atoms with van der Waals surface area (Å²) in [5.41, 5.74) is 7.06. The molecule has 0 spiro atoms. The summed E-state index contributed by atoms with van der Waals surface area (Å²) in [5.74, 6) is 0.505. The third-order valence-corrected chi connectivity index (χ3v) is 4.47. The van der Waals surface area contributed by atoms with Crippen molar-refractivity contribution in [3.63, 3.8) is 0 Å². The third kappa shape index (κ3) is 4.77. The predicted molar refractivity (Wildman–Crippen MR) is 78.9 cm³/mol. The molecule has 2 N–H and O–H groups in total. The largest absolute Gasteiger partial charge is 0.327 e. The Morgan fingerprint density at radius 2 is 1.89 bits per heavy atom. The first-order valence-electron chi connectivity index (χ1n) is 7.34. The average molecular weight is 284 g/mol. The van der Waals surface area contributed by atoms with Crippen molar-refractivity contribution in [1.82, 2.24) is 0 Å². The fourth-order valence-electron chi connectivity index (χ4n) is 3.09. The van der Waals surface area contributed by atoms with Gasteiger partial charge in [0.2, 0.25) is 0 Å². The average Bonchev–Trinajstić information content (AvgIpc) is 2.62. The lowest BCUT2D eigenvalue weighted by atomic mass is 9.90. The molecule has 0 aromatic heterocycles. The van der Waals surface area contributed by atoms with Gasteiger partial charge in [0.1, 0.15) is 5.82 Å². The Kier molecular flexibility index (Phi) is 5.65. The summed E-state index contributed by atoms with van der Waals surface area (Å²) in [7, 11) is 0. The maximum Gasteiger partial charge on any atom is 0.123 e. The van der Waals surface area contributed by atoms with E-state index in [2.05, 4.69) is 0 Å². The van der Waals surface area contributed by atoms with Gasteiger partial charge in [0, 0.05) is 11.1 Å². The Balaban J connectivity index is 1.89. The van der Waals surface area contributed by atoms with Gasteiger partial charge in [-0.05, 0) is 42.5 Å². The zero-order valence-corrected chi connectivity index (χ0v) is 12.1. The van der Waals surface area contributed by atoms with Crippen LogP contribution < -0.4 is 5.73 Å². The van der Waals surface area contributed by atoms with Crippen LogP contribution in [0.15, 0.2) is 18.2 Å². The van der Waals surface area contributed by atoms with Crippen LogP contribution in [0.2, 0.25) is 5.02 Å². The van der Waals surface area contributed by atoms with E-state index in [1.165, 1.54) is 50.7 Å². The van der Waals surface area contributed by atoms with Gasteiger partial charge in [-0.2, -0.15) is 0 Å². The van der Waals surface area contributed by atoms with Crippen LogP contribution in [0.4, 0.5) is 4.39 Å². The Hall–Kier alpha value is -0.600. The lowest BCUT2D eigenvalue weighted by Gasteiger charge is -2.19. The molecule has 1 aliphatic rings. The fraction of sp³-hybridized carbons (Fsp3) is 0.625. The van der Waals surface area contributed by atoms with Crippen molar-refractivity contribution in [3.8, 4) is 0 Å². The number of halogens is 2. The van der Waals surface area contributed by atoms with E-state index in [-0.39, 0.29) is 11.9 Å². The molecule has 1 nitrogen and oxygen atoms in total. The highest BCUT2D eigenvalue weighted by Gasteiger charge is 2.17. The van der Waals surface area contributed by atoms with Crippen molar-refractivity contribution in [3.05, 3.63) is 34.6 Å². The minimum atomic E-state index is -0.235. The smallest absolute Gasteiger partial charge is 0.123 e. The second kappa shape index (κ2) is 7.25. The lowest BCUT2D eigenvalue weighted by molar-refractivity contribution is 0.387. The molecular weight excluding hydrogens is 261 g/mol. The molecule has 0 amide bonds. The molecule has 0 bridgehead atoms. The molecule has 1 fully saturated rings. The molecule has 0 radical (unpaired) electrons. The van der Waals surface area contributed by atoms with E-state index in [1.807, 2.05) is 0 Å². The van der Waals surface area contributed by atoms with Gasteiger partial charge in [-0.15, -0.1) is 0 Å². The highest BCUT2D eigenvalue weighted by molar-refractivity contribution is 6.31. The predicted octanol–water partition coefficient (Wildman–Crippen LogP) is 4.71. The van der Waals surface area contributed by atoms with Crippen molar-refractivity contribution in [2.45, 2.75) is 57.4 Å². The van der Waals surface area contributed by atoms with Crippen LogP contribution in [-0.4, -0.2) is 6.04 Å². The van der Waals surface area contributed by atoms with Crippen LogP contribution in [0.5, 0.6) is 0 Å². The number of hydrogen-bond donors (Lipinski definition) is 1. The second-order valence-corrected chi connectivity index (χ2v) is 6.20. The van der Waals surface area contributed by atoms with E-state index in [1.54, 1.807) is 6.07 Å². The normalized spacial score (nSPS) is 19.1. The molecule has 1 atom stereocenters. The molecule has 0 saturated heterocycles. The summed E-state index contributed by atoms with van der Waals surface area (Å²) in [5, 5.41) is 0.623. The highest BCUT2D eigenvalue weighted by Crippen LogP contribution is 2.27. The van der Waals surface area contributed by atoms with Crippen LogP contribution in [-0.2, 0) is 6.42 Å². The van der Waals surface area contributed by atoms with Crippen LogP contribution in [0.25, 0.3) is 0 Å².